The van der Waals surface area contributed by atoms with Gasteiger partial charge in [-0.05, 0) is 56.2 Å². The quantitative estimate of drug-likeness (QED) is 0.480. The number of carbonyl (C=O) groups excluding carboxylic acids is 2. The van der Waals surface area contributed by atoms with E-state index in [0.717, 1.165) is 18.0 Å². The Morgan fingerprint density at radius 2 is 2.00 bits per heavy atom. The number of aromatic nitrogens is 1. The minimum Gasteiger partial charge on any atom is -0.473 e. The lowest BCUT2D eigenvalue weighted by Crippen LogP contribution is -2.34. The van der Waals surface area contributed by atoms with Crippen molar-refractivity contribution in [3.63, 3.8) is 0 Å². The molecule has 1 saturated heterocycles. The van der Waals surface area contributed by atoms with Crippen LogP contribution in [0.15, 0.2) is 35.4 Å². The van der Waals surface area contributed by atoms with Crippen LogP contribution in [0.25, 0.3) is 0 Å². The summed E-state index contributed by atoms with van der Waals surface area (Å²) in [7, 11) is 1.70. The Morgan fingerprint density at radius 3 is 2.57 bits per heavy atom. The molecule has 0 radical (unpaired) electrons. The number of carbonyl (C=O) groups is 2. The lowest BCUT2D eigenvalue weighted by atomic mass is 10.2. The van der Waals surface area contributed by atoms with Crippen molar-refractivity contribution >= 4 is 23.9 Å². The zero-order valence-corrected chi connectivity index (χ0v) is 18.8. The number of piperidine rings is 1. The maximum Gasteiger partial charge on any atom is 0.407 e. The van der Waals surface area contributed by atoms with Crippen LogP contribution < -0.4 is 15.4 Å². The topological polar surface area (TPSA) is 92.8 Å². The fourth-order valence-electron chi connectivity index (χ4n) is 3.51. The predicted molar refractivity (Wildman–Crippen MR) is 115 cm³/mol. The first-order valence-electron chi connectivity index (χ1n) is 10.0. The smallest absolute Gasteiger partial charge is 0.407 e. The number of nitrogens with zero attached hydrogens (tertiary/aromatic N) is 2. The summed E-state index contributed by atoms with van der Waals surface area (Å²) >= 11 is 1.66. The molecule has 1 aliphatic carbocycles. The third-order valence-corrected chi connectivity index (χ3v) is 5.97. The third kappa shape index (κ3) is 6.12. The Bertz CT molecular complexity index is 781. The molecule has 2 heterocycles. The molecule has 1 aromatic rings. The zero-order chi connectivity index (χ0) is 21.9. The third-order valence-electron chi connectivity index (χ3n) is 4.96. The Kier molecular flexibility index (Phi) is 6.92. The molecule has 0 bridgehead atoms. The molecule has 9 heteroatoms. The van der Waals surface area contributed by atoms with Gasteiger partial charge in [-0.3, -0.25) is 4.79 Å². The Balaban J connectivity index is 1.35. The number of pyridine rings is 1. The molecule has 2 fully saturated rings. The predicted octanol–water partition coefficient (Wildman–Crippen LogP) is 2.47. The van der Waals surface area contributed by atoms with Crippen molar-refractivity contribution < 1.29 is 19.1 Å². The summed E-state index contributed by atoms with van der Waals surface area (Å²) in [4.78, 5) is 28.8. The maximum atomic E-state index is 11.7. The van der Waals surface area contributed by atoms with Crippen LogP contribution in [0.5, 0.6) is 5.88 Å². The Morgan fingerprint density at radius 1 is 1.30 bits per heavy atom. The molecule has 30 heavy (non-hydrogen) atoms. The Labute approximate surface area is 181 Å². The first-order chi connectivity index (χ1) is 14.2. The molecule has 1 unspecified atom stereocenters. The largest absolute Gasteiger partial charge is 0.473 e. The summed E-state index contributed by atoms with van der Waals surface area (Å²) in [6.07, 6.45) is 1.30. The van der Waals surface area contributed by atoms with Crippen molar-refractivity contribution in [3.05, 3.63) is 30.5 Å². The van der Waals surface area contributed by atoms with E-state index < -0.39 is 11.7 Å². The number of fused-ring (bicyclic) bond motifs is 1. The molecule has 2 N–H and O–H groups in total. The van der Waals surface area contributed by atoms with Crippen LogP contribution in [0, 0.1) is 17.8 Å². The number of ether oxygens (including phenoxy) is 2. The molecule has 2 amide bonds. The SMILES string of the molecule is C=C(CNC(=O)OC(C)(C)C)COc1ccc(SN2C[C@@H]3C(C(=O)NC)[C@@H]3C2)cn1. The van der Waals surface area contributed by atoms with E-state index in [1.165, 1.54) is 0 Å². The summed E-state index contributed by atoms with van der Waals surface area (Å²) in [5, 5.41) is 5.40. The molecular formula is C21H30N4O4S. The van der Waals surface area contributed by atoms with Gasteiger partial charge >= 0.3 is 6.09 Å². The highest BCUT2D eigenvalue weighted by molar-refractivity contribution is 7.97. The second kappa shape index (κ2) is 9.26. The van der Waals surface area contributed by atoms with Gasteiger partial charge in [0.15, 0.2) is 0 Å². The average Bonchev–Trinajstić information content (AvgIpc) is 3.19. The van der Waals surface area contributed by atoms with Crippen molar-refractivity contribution in [1.29, 1.82) is 0 Å². The average molecular weight is 435 g/mol. The second-order valence-corrected chi connectivity index (χ2v) is 9.80. The summed E-state index contributed by atoms with van der Waals surface area (Å²) in [5.74, 6) is 1.82. The van der Waals surface area contributed by atoms with Crippen LogP contribution in [0.2, 0.25) is 0 Å². The molecule has 1 aromatic heterocycles. The van der Waals surface area contributed by atoms with E-state index >= 15 is 0 Å². The first kappa shape index (κ1) is 22.4. The van der Waals surface area contributed by atoms with Crippen molar-refractivity contribution in [1.82, 2.24) is 19.9 Å². The highest BCUT2D eigenvalue weighted by atomic mass is 32.2. The molecule has 3 rings (SSSR count). The van der Waals surface area contributed by atoms with Gasteiger partial charge < -0.3 is 20.1 Å². The molecule has 1 saturated carbocycles. The van der Waals surface area contributed by atoms with Gasteiger partial charge in [0.05, 0.1) is 0 Å². The highest BCUT2D eigenvalue weighted by Gasteiger charge is 2.59. The first-order valence-corrected chi connectivity index (χ1v) is 10.8. The van der Waals surface area contributed by atoms with Gasteiger partial charge in [-0.1, -0.05) is 6.58 Å². The summed E-state index contributed by atoms with van der Waals surface area (Å²) < 4.78 is 13.1. The minimum absolute atomic E-state index is 0.167. The van der Waals surface area contributed by atoms with Crippen molar-refractivity contribution in [2.24, 2.45) is 17.8 Å². The van der Waals surface area contributed by atoms with Crippen LogP contribution in [-0.4, -0.2) is 60.2 Å². The van der Waals surface area contributed by atoms with Crippen molar-refractivity contribution in [2.75, 3.05) is 33.3 Å². The van der Waals surface area contributed by atoms with Crippen molar-refractivity contribution in [2.45, 2.75) is 31.3 Å². The molecule has 3 atom stereocenters. The van der Waals surface area contributed by atoms with E-state index in [1.54, 1.807) is 25.2 Å². The molecule has 2 aliphatic rings. The van der Waals surface area contributed by atoms with Crippen LogP contribution >= 0.6 is 11.9 Å². The highest BCUT2D eigenvalue weighted by Crippen LogP contribution is 2.53. The standard InChI is InChI=1S/C21H30N4O4S/c1-13(8-24-20(27)29-21(2,3)4)12-28-17-7-6-14(9-23-17)30-25-10-15-16(11-25)18(15)19(26)22-5/h6-7,9,15-16,18H,1,8,10-12H2,2-5H3,(H,22,26)(H,24,27)/t15-,16+,18?. The van der Waals surface area contributed by atoms with E-state index in [2.05, 4.69) is 26.5 Å². The summed E-state index contributed by atoms with van der Waals surface area (Å²) in [6.45, 7) is 11.7. The number of rotatable bonds is 8. The number of alkyl carbamates (subject to hydrolysis) is 1. The van der Waals surface area contributed by atoms with Gasteiger partial charge in [0.1, 0.15) is 12.2 Å². The van der Waals surface area contributed by atoms with E-state index in [4.69, 9.17) is 9.47 Å². The molecule has 0 spiro atoms. The van der Waals surface area contributed by atoms with E-state index in [9.17, 15) is 9.59 Å². The van der Waals surface area contributed by atoms with Crippen LogP contribution in [0.3, 0.4) is 0 Å². The number of hydrogen-bond acceptors (Lipinski definition) is 7. The summed E-state index contributed by atoms with van der Waals surface area (Å²) in [6, 6.07) is 3.79. The van der Waals surface area contributed by atoms with Crippen LogP contribution in [-0.2, 0) is 9.53 Å². The number of amides is 2. The van der Waals surface area contributed by atoms with E-state index in [-0.39, 0.29) is 25.0 Å². The van der Waals surface area contributed by atoms with Gasteiger partial charge in [-0.2, -0.15) is 0 Å². The zero-order valence-electron chi connectivity index (χ0n) is 17.9. The normalized spacial score (nSPS) is 22.7. The van der Waals surface area contributed by atoms with Gasteiger partial charge in [0.25, 0.3) is 0 Å². The monoisotopic (exact) mass is 434 g/mol. The van der Waals surface area contributed by atoms with Gasteiger partial charge in [-0.25, -0.2) is 14.1 Å². The fourth-order valence-corrected chi connectivity index (χ4v) is 4.53. The van der Waals surface area contributed by atoms with E-state index in [0.29, 0.717) is 23.3 Å². The molecule has 1 aliphatic heterocycles. The Hall–Kier alpha value is -2.26. The summed E-state index contributed by atoms with van der Waals surface area (Å²) in [5.41, 5.74) is 0.176. The van der Waals surface area contributed by atoms with E-state index in [1.807, 2.05) is 32.9 Å². The van der Waals surface area contributed by atoms with Crippen LogP contribution in [0.1, 0.15) is 20.8 Å². The second-order valence-electron chi connectivity index (χ2n) is 8.63. The maximum absolute atomic E-state index is 11.7. The van der Waals surface area contributed by atoms with Gasteiger partial charge in [0, 0.05) is 49.8 Å². The molecule has 0 aromatic carbocycles. The van der Waals surface area contributed by atoms with Gasteiger partial charge in [-0.15, -0.1) is 0 Å². The lowest BCUT2D eigenvalue weighted by molar-refractivity contribution is -0.122. The number of hydrogen-bond donors (Lipinski definition) is 2. The fraction of sp³-hybridized carbons (Fsp3) is 0.571. The van der Waals surface area contributed by atoms with Crippen molar-refractivity contribution in [3.8, 4) is 5.88 Å². The molecule has 8 nitrogen and oxygen atoms in total. The molecular weight excluding hydrogens is 404 g/mol. The van der Waals surface area contributed by atoms with Gasteiger partial charge in [0.2, 0.25) is 11.8 Å². The lowest BCUT2D eigenvalue weighted by Gasteiger charge is -2.20. The molecule has 164 valence electrons. The number of nitrogens with one attached hydrogen (secondary N) is 2. The minimum atomic E-state index is -0.535. The van der Waals surface area contributed by atoms with Crippen LogP contribution in [0.4, 0.5) is 4.79 Å².